The first kappa shape index (κ1) is 12.8. The Morgan fingerprint density at radius 1 is 1.60 bits per heavy atom. The lowest BCUT2D eigenvalue weighted by Gasteiger charge is -2.09. The number of aromatic nitrogens is 1. The maximum Gasteiger partial charge on any atom is 0.0441 e. The summed E-state index contributed by atoms with van der Waals surface area (Å²) in [6.45, 7) is 3.49. The highest BCUT2D eigenvalue weighted by Gasteiger charge is 2.04. The molecule has 84 valence electrons. The zero-order chi connectivity index (χ0) is 11.3. The lowest BCUT2D eigenvalue weighted by molar-refractivity contribution is 0.646. The Kier molecular flexibility index (Phi) is 5.42. The minimum absolute atomic E-state index is 0.185. The van der Waals surface area contributed by atoms with Crippen molar-refractivity contribution >= 4 is 26.7 Å². The predicted octanol–water partition coefficient (Wildman–Crippen LogP) is 1.70. The maximum atomic E-state index is 11.1. The molecule has 0 spiro atoms. The zero-order valence-electron chi connectivity index (χ0n) is 8.87. The summed E-state index contributed by atoms with van der Waals surface area (Å²) in [5.41, 5.74) is 1.12. The molecule has 1 heterocycles. The van der Waals surface area contributed by atoms with Gasteiger partial charge in [0, 0.05) is 52.3 Å². The van der Waals surface area contributed by atoms with Crippen molar-refractivity contribution in [1.29, 1.82) is 0 Å². The number of rotatable bonds is 5. The summed E-state index contributed by atoms with van der Waals surface area (Å²) in [4.78, 5) is 4.07. The van der Waals surface area contributed by atoms with Crippen molar-refractivity contribution in [3.05, 3.63) is 28.5 Å². The van der Waals surface area contributed by atoms with Crippen molar-refractivity contribution in [3.8, 4) is 0 Å². The van der Waals surface area contributed by atoms with Crippen LogP contribution >= 0.6 is 15.9 Å². The first-order valence-electron chi connectivity index (χ1n) is 4.72. The number of nitrogens with zero attached hydrogens (tertiary/aromatic N) is 1. The molecule has 1 N–H and O–H groups in total. The van der Waals surface area contributed by atoms with Crippen LogP contribution in [0.4, 0.5) is 0 Å². The van der Waals surface area contributed by atoms with E-state index >= 15 is 0 Å². The minimum atomic E-state index is -0.760. The summed E-state index contributed by atoms with van der Waals surface area (Å²) in [5, 5.41) is 3.44. The van der Waals surface area contributed by atoms with Gasteiger partial charge < -0.3 is 5.32 Å². The molecule has 0 radical (unpaired) electrons. The molecule has 0 bridgehead atoms. The van der Waals surface area contributed by atoms with Crippen LogP contribution in [-0.4, -0.2) is 27.2 Å². The van der Waals surface area contributed by atoms with E-state index < -0.39 is 10.8 Å². The SMILES string of the molecule is CC(CNCc1cncc(Br)c1)S(C)=O. The Labute approximate surface area is 101 Å². The quantitative estimate of drug-likeness (QED) is 0.898. The zero-order valence-corrected chi connectivity index (χ0v) is 11.3. The Morgan fingerprint density at radius 2 is 2.33 bits per heavy atom. The van der Waals surface area contributed by atoms with Crippen LogP contribution in [0.25, 0.3) is 0 Å². The number of hydrogen-bond acceptors (Lipinski definition) is 3. The van der Waals surface area contributed by atoms with Crippen LogP contribution in [0.3, 0.4) is 0 Å². The molecule has 1 aromatic heterocycles. The van der Waals surface area contributed by atoms with Gasteiger partial charge >= 0.3 is 0 Å². The minimum Gasteiger partial charge on any atom is -0.311 e. The number of halogens is 1. The van der Waals surface area contributed by atoms with Gasteiger partial charge in [-0.25, -0.2) is 0 Å². The molecule has 1 aromatic rings. The van der Waals surface area contributed by atoms with Crippen molar-refractivity contribution in [2.75, 3.05) is 12.8 Å². The Morgan fingerprint density at radius 3 is 2.93 bits per heavy atom. The first-order chi connectivity index (χ1) is 7.09. The topological polar surface area (TPSA) is 42.0 Å². The molecule has 15 heavy (non-hydrogen) atoms. The van der Waals surface area contributed by atoms with Gasteiger partial charge in [0.2, 0.25) is 0 Å². The molecule has 0 aliphatic rings. The van der Waals surface area contributed by atoms with Crippen molar-refractivity contribution in [2.45, 2.75) is 18.7 Å². The van der Waals surface area contributed by atoms with Crippen LogP contribution < -0.4 is 5.32 Å². The first-order valence-corrected chi connectivity index (χ1v) is 7.13. The third-order valence-electron chi connectivity index (χ3n) is 2.09. The van der Waals surface area contributed by atoms with E-state index in [1.165, 1.54) is 0 Å². The molecule has 3 nitrogen and oxygen atoms in total. The molecule has 0 aliphatic carbocycles. The standard InChI is InChI=1S/C10H15BrN2OS/c1-8(15(2)14)4-12-5-9-3-10(11)7-13-6-9/h3,6-8,12H,4-5H2,1-2H3. The van der Waals surface area contributed by atoms with E-state index in [4.69, 9.17) is 0 Å². The van der Waals surface area contributed by atoms with E-state index in [0.29, 0.717) is 0 Å². The summed E-state index contributed by atoms with van der Waals surface area (Å²) in [6.07, 6.45) is 5.31. The largest absolute Gasteiger partial charge is 0.311 e. The fourth-order valence-corrected chi connectivity index (χ4v) is 1.85. The van der Waals surface area contributed by atoms with Gasteiger partial charge in [-0.15, -0.1) is 0 Å². The molecule has 2 atom stereocenters. The predicted molar refractivity (Wildman–Crippen MR) is 67.2 cm³/mol. The van der Waals surface area contributed by atoms with Gasteiger partial charge in [-0.05, 0) is 34.5 Å². The van der Waals surface area contributed by atoms with Crippen LogP contribution in [-0.2, 0) is 17.3 Å². The second-order valence-electron chi connectivity index (χ2n) is 3.45. The van der Waals surface area contributed by atoms with Gasteiger partial charge in [0.25, 0.3) is 0 Å². The molecule has 0 aromatic carbocycles. The van der Waals surface area contributed by atoms with Gasteiger partial charge in [0.05, 0.1) is 0 Å². The van der Waals surface area contributed by atoms with Gasteiger partial charge in [-0.3, -0.25) is 9.19 Å². The normalized spacial score (nSPS) is 14.9. The Bertz CT molecular complexity index is 346. The van der Waals surface area contributed by atoms with E-state index in [1.807, 2.05) is 19.2 Å². The summed E-state index contributed by atoms with van der Waals surface area (Å²) >= 11 is 3.37. The number of pyridine rings is 1. The molecule has 0 aliphatic heterocycles. The van der Waals surface area contributed by atoms with Crippen molar-refractivity contribution in [3.63, 3.8) is 0 Å². The molecule has 0 amide bonds. The van der Waals surface area contributed by atoms with Crippen LogP contribution in [0.15, 0.2) is 22.9 Å². The second kappa shape index (κ2) is 6.35. The molecule has 1 rings (SSSR count). The summed E-state index contributed by atoms with van der Waals surface area (Å²) < 4.78 is 12.1. The van der Waals surface area contributed by atoms with Gasteiger partial charge in [-0.2, -0.15) is 0 Å². The van der Waals surface area contributed by atoms with E-state index in [-0.39, 0.29) is 5.25 Å². The van der Waals surface area contributed by atoms with Gasteiger partial charge in [0.15, 0.2) is 0 Å². The van der Waals surface area contributed by atoms with Crippen molar-refractivity contribution < 1.29 is 4.21 Å². The lowest BCUT2D eigenvalue weighted by Crippen LogP contribution is -2.27. The highest BCUT2D eigenvalue weighted by atomic mass is 79.9. The fraction of sp³-hybridized carbons (Fsp3) is 0.500. The molecular formula is C10H15BrN2OS. The van der Waals surface area contributed by atoms with E-state index in [0.717, 1.165) is 23.1 Å². The summed E-state index contributed by atoms with van der Waals surface area (Å²) in [7, 11) is -0.760. The average molecular weight is 291 g/mol. The Hall–Kier alpha value is -0.260. The molecule has 0 fully saturated rings. The maximum absolute atomic E-state index is 11.1. The third-order valence-corrected chi connectivity index (χ3v) is 3.82. The van der Waals surface area contributed by atoms with Crippen LogP contribution in [0.5, 0.6) is 0 Å². The average Bonchev–Trinajstić information content (AvgIpc) is 2.17. The third kappa shape index (κ3) is 4.86. The van der Waals surface area contributed by atoms with Crippen LogP contribution in [0.1, 0.15) is 12.5 Å². The number of nitrogens with one attached hydrogen (secondary N) is 1. The molecular weight excluding hydrogens is 276 g/mol. The van der Waals surface area contributed by atoms with Crippen molar-refractivity contribution in [1.82, 2.24) is 10.3 Å². The van der Waals surface area contributed by atoms with E-state index in [1.54, 1.807) is 12.5 Å². The monoisotopic (exact) mass is 290 g/mol. The summed E-state index contributed by atoms with van der Waals surface area (Å²) in [6, 6.07) is 2.02. The van der Waals surface area contributed by atoms with Gasteiger partial charge in [-0.1, -0.05) is 0 Å². The van der Waals surface area contributed by atoms with Crippen LogP contribution in [0.2, 0.25) is 0 Å². The molecule has 5 heteroatoms. The van der Waals surface area contributed by atoms with Crippen LogP contribution in [0, 0.1) is 0 Å². The smallest absolute Gasteiger partial charge is 0.0441 e. The number of hydrogen-bond donors (Lipinski definition) is 1. The van der Waals surface area contributed by atoms with Crippen molar-refractivity contribution in [2.24, 2.45) is 0 Å². The molecule has 0 saturated carbocycles. The lowest BCUT2D eigenvalue weighted by atomic mass is 10.3. The van der Waals surface area contributed by atoms with Gasteiger partial charge in [0.1, 0.15) is 0 Å². The molecule has 0 saturated heterocycles. The van der Waals surface area contributed by atoms with E-state index in [2.05, 4.69) is 26.2 Å². The highest BCUT2D eigenvalue weighted by Crippen LogP contribution is 2.09. The second-order valence-corrected chi connectivity index (χ2v) is 6.17. The molecule has 2 unspecified atom stereocenters. The highest BCUT2D eigenvalue weighted by molar-refractivity contribution is 9.10. The summed E-state index contributed by atoms with van der Waals surface area (Å²) in [5.74, 6) is 0. The fourth-order valence-electron chi connectivity index (χ4n) is 1.09. The Balaban J connectivity index is 2.35. The van der Waals surface area contributed by atoms with E-state index in [9.17, 15) is 4.21 Å².